The molecule has 3 nitrogen and oxygen atoms in total. The van der Waals surface area contributed by atoms with Crippen LogP contribution in [0.1, 0.15) is 26.3 Å². The van der Waals surface area contributed by atoms with Crippen molar-refractivity contribution >= 4 is 29.3 Å². The molecule has 5 heteroatoms. The molecule has 0 aliphatic rings. The summed E-state index contributed by atoms with van der Waals surface area (Å²) >= 11 is 1.19. The zero-order valence-electron chi connectivity index (χ0n) is 13.0. The summed E-state index contributed by atoms with van der Waals surface area (Å²) in [6, 6.07) is 6.27. The average molecular weight is 319 g/mol. The highest BCUT2D eigenvalue weighted by Crippen LogP contribution is 2.14. The Labute approximate surface area is 132 Å². The molecule has 0 N–H and O–H groups in total. The molecule has 0 saturated heterocycles. The van der Waals surface area contributed by atoms with Crippen LogP contribution in [0.3, 0.4) is 0 Å². The first-order valence-electron chi connectivity index (χ1n) is 6.88. The quantitative estimate of drug-likeness (QED) is 0.847. The Morgan fingerprint density at radius 3 is 2.50 bits per heavy atom. The van der Waals surface area contributed by atoms with Gasteiger partial charge in [-0.1, -0.05) is 39.0 Å². The lowest BCUT2D eigenvalue weighted by Gasteiger charge is -2.12. The summed E-state index contributed by atoms with van der Waals surface area (Å²) in [4.78, 5) is 24.3. The van der Waals surface area contributed by atoms with Crippen LogP contribution in [0.2, 0.25) is 0 Å². The van der Waals surface area contributed by atoms with Gasteiger partial charge < -0.3 is 4.57 Å². The lowest BCUT2D eigenvalue weighted by Crippen LogP contribution is -2.30. The maximum Gasteiger partial charge on any atom is 0.268 e. The van der Waals surface area contributed by atoms with Gasteiger partial charge in [0.1, 0.15) is 10.5 Å². The second kappa shape index (κ2) is 6.01. The van der Waals surface area contributed by atoms with Gasteiger partial charge in [0.25, 0.3) is 5.56 Å². The van der Waals surface area contributed by atoms with Crippen molar-refractivity contribution in [1.82, 2.24) is 4.57 Å². The van der Waals surface area contributed by atoms with E-state index in [9.17, 15) is 14.0 Å². The maximum absolute atomic E-state index is 13.7. The number of hydrogen-bond donors (Lipinski definition) is 0. The number of hydrogen-bond acceptors (Lipinski definition) is 3. The average Bonchev–Trinajstić information content (AvgIpc) is 2.69. The molecule has 22 heavy (non-hydrogen) atoms. The molecule has 2 rings (SSSR count). The molecule has 0 radical (unpaired) electrons. The van der Waals surface area contributed by atoms with Gasteiger partial charge in [0, 0.05) is 24.1 Å². The number of aromatic nitrogens is 1. The Kier molecular flexibility index (Phi) is 4.47. The van der Waals surface area contributed by atoms with Gasteiger partial charge in [-0.2, -0.15) is 0 Å². The third-order valence-corrected chi connectivity index (χ3v) is 4.36. The summed E-state index contributed by atoms with van der Waals surface area (Å²) in [6.45, 7) is 5.47. The van der Waals surface area contributed by atoms with E-state index in [0.717, 1.165) is 0 Å². The van der Waals surface area contributed by atoms with Crippen molar-refractivity contribution in [2.24, 2.45) is 12.5 Å². The molecule has 0 spiro atoms. The van der Waals surface area contributed by atoms with Gasteiger partial charge in [0.05, 0.1) is 4.53 Å². The lowest BCUT2D eigenvalue weighted by atomic mass is 9.91. The topological polar surface area (TPSA) is 39.1 Å². The van der Waals surface area contributed by atoms with Crippen LogP contribution in [0, 0.1) is 11.2 Å². The fourth-order valence-electron chi connectivity index (χ4n) is 1.77. The largest absolute Gasteiger partial charge is 0.302 e. The fraction of sp³-hybridized carbons (Fsp3) is 0.294. The molecule has 0 aliphatic heterocycles. The lowest BCUT2D eigenvalue weighted by molar-refractivity contribution is -0.120. The summed E-state index contributed by atoms with van der Waals surface area (Å²) < 4.78 is 16.1. The second-order valence-corrected chi connectivity index (χ2v) is 7.16. The number of benzene rings is 1. The summed E-state index contributed by atoms with van der Waals surface area (Å²) in [5, 5.41) is 0. The van der Waals surface area contributed by atoms with Crippen LogP contribution in [-0.2, 0) is 11.8 Å². The van der Waals surface area contributed by atoms with E-state index < -0.39 is 5.41 Å². The number of Topliss-reactive ketones (excluding diaryl/α,β-unsaturated/α-hetero) is 1. The molecular weight excluding hydrogens is 301 g/mol. The van der Waals surface area contributed by atoms with Crippen molar-refractivity contribution in [3.63, 3.8) is 0 Å². The molecule has 116 valence electrons. The normalized spacial score (nSPS) is 13.7. The minimum atomic E-state index is -0.505. The van der Waals surface area contributed by atoms with Gasteiger partial charge in [-0.05, 0) is 12.1 Å². The molecule has 0 atom stereocenters. The Morgan fingerprint density at radius 2 is 1.91 bits per heavy atom. The Morgan fingerprint density at radius 1 is 1.27 bits per heavy atom. The van der Waals surface area contributed by atoms with E-state index in [-0.39, 0.29) is 17.2 Å². The Bertz CT molecular complexity index is 885. The molecule has 1 aromatic carbocycles. The molecular formula is C17H18FNO2S. The molecule has 1 aromatic heterocycles. The van der Waals surface area contributed by atoms with E-state index in [2.05, 4.69) is 0 Å². The molecule has 0 fully saturated rings. The monoisotopic (exact) mass is 319 g/mol. The first-order chi connectivity index (χ1) is 10.2. The predicted octanol–water partition coefficient (Wildman–Crippen LogP) is 1.81. The van der Waals surface area contributed by atoms with E-state index in [4.69, 9.17) is 0 Å². The van der Waals surface area contributed by atoms with E-state index in [1.165, 1.54) is 34.1 Å². The predicted molar refractivity (Wildman–Crippen MR) is 87.7 cm³/mol. The summed E-state index contributed by atoms with van der Waals surface area (Å²) in [6.07, 6.45) is 2.99. The SMILES string of the molecule is Cn1c(=CC(=O)C(C)(C)C)sc(=Cc2ccccc2F)c1=O. The highest BCUT2D eigenvalue weighted by molar-refractivity contribution is 7.07. The van der Waals surface area contributed by atoms with Crippen LogP contribution in [0.4, 0.5) is 4.39 Å². The van der Waals surface area contributed by atoms with E-state index in [0.29, 0.717) is 14.8 Å². The van der Waals surface area contributed by atoms with Crippen molar-refractivity contribution in [2.75, 3.05) is 0 Å². The first-order valence-corrected chi connectivity index (χ1v) is 7.70. The highest BCUT2D eigenvalue weighted by Gasteiger charge is 2.19. The van der Waals surface area contributed by atoms with E-state index in [1.807, 2.05) is 20.8 Å². The standard InChI is InChI=1S/C17H18FNO2S/c1-17(2,3)14(20)10-15-19(4)16(21)13(22-15)9-11-7-5-6-8-12(11)18/h5-10H,1-4H3. The molecule has 0 bridgehead atoms. The Hall–Kier alpha value is -2.01. The number of carbonyl (C=O) groups excluding carboxylic acids is 1. The number of nitrogens with zero attached hydrogens (tertiary/aromatic N) is 1. The minimum Gasteiger partial charge on any atom is -0.302 e. The summed E-state index contributed by atoms with van der Waals surface area (Å²) in [7, 11) is 1.61. The number of rotatable bonds is 2. The third kappa shape index (κ3) is 3.42. The number of halogens is 1. The van der Waals surface area contributed by atoms with Crippen LogP contribution in [-0.4, -0.2) is 10.4 Å². The van der Waals surface area contributed by atoms with Crippen molar-refractivity contribution in [1.29, 1.82) is 0 Å². The zero-order chi connectivity index (χ0) is 16.5. The zero-order valence-corrected chi connectivity index (χ0v) is 13.8. The smallest absolute Gasteiger partial charge is 0.268 e. The highest BCUT2D eigenvalue weighted by atomic mass is 32.1. The maximum atomic E-state index is 13.7. The molecule has 0 amide bonds. The van der Waals surface area contributed by atoms with Crippen molar-refractivity contribution in [3.05, 3.63) is 55.2 Å². The molecule has 0 aliphatic carbocycles. The van der Waals surface area contributed by atoms with E-state index >= 15 is 0 Å². The second-order valence-electron chi connectivity index (χ2n) is 6.09. The number of thiazole rings is 1. The van der Waals surface area contributed by atoms with Crippen molar-refractivity contribution < 1.29 is 9.18 Å². The van der Waals surface area contributed by atoms with Gasteiger partial charge in [-0.25, -0.2) is 4.39 Å². The molecule has 0 saturated carbocycles. The fourth-order valence-corrected chi connectivity index (χ4v) is 2.79. The van der Waals surface area contributed by atoms with Crippen LogP contribution in [0.5, 0.6) is 0 Å². The van der Waals surface area contributed by atoms with Crippen LogP contribution in [0.25, 0.3) is 12.2 Å². The van der Waals surface area contributed by atoms with Crippen LogP contribution < -0.4 is 14.8 Å². The van der Waals surface area contributed by atoms with Gasteiger partial charge >= 0.3 is 0 Å². The number of carbonyl (C=O) groups is 1. The van der Waals surface area contributed by atoms with Gasteiger partial charge in [-0.15, -0.1) is 11.3 Å². The number of ketones is 1. The van der Waals surface area contributed by atoms with Crippen LogP contribution >= 0.6 is 11.3 Å². The summed E-state index contributed by atoms with van der Waals surface area (Å²) in [5.74, 6) is -0.434. The van der Waals surface area contributed by atoms with E-state index in [1.54, 1.807) is 25.2 Å². The minimum absolute atomic E-state index is 0.0539. The Balaban J connectivity index is 2.62. The molecule has 2 aromatic rings. The van der Waals surface area contributed by atoms with Gasteiger partial charge in [0.2, 0.25) is 0 Å². The summed E-state index contributed by atoms with van der Waals surface area (Å²) in [5.41, 5.74) is -0.383. The van der Waals surface area contributed by atoms with Crippen molar-refractivity contribution in [3.8, 4) is 0 Å². The van der Waals surface area contributed by atoms with Crippen LogP contribution in [0.15, 0.2) is 29.1 Å². The van der Waals surface area contributed by atoms with Crippen molar-refractivity contribution in [2.45, 2.75) is 20.8 Å². The molecule has 1 heterocycles. The van der Waals surface area contributed by atoms with Gasteiger partial charge in [-0.3, -0.25) is 9.59 Å². The molecule has 0 unspecified atom stereocenters. The first kappa shape index (κ1) is 16.4. The third-order valence-electron chi connectivity index (χ3n) is 3.25. The van der Waals surface area contributed by atoms with Gasteiger partial charge in [0.15, 0.2) is 5.78 Å².